The number of carbonyl (C=O) groups excluding carboxylic acids is 1. The summed E-state index contributed by atoms with van der Waals surface area (Å²) in [4.78, 5) is 23.5. The van der Waals surface area contributed by atoms with Crippen LogP contribution in [-0.2, 0) is 4.79 Å². The van der Waals surface area contributed by atoms with E-state index in [0.717, 1.165) is 30.4 Å². The molecule has 0 spiro atoms. The van der Waals surface area contributed by atoms with Gasteiger partial charge in [0.25, 0.3) is 0 Å². The molecule has 0 aliphatic carbocycles. The first kappa shape index (κ1) is 15.5. The Kier molecular flexibility index (Phi) is 4.25. The minimum atomic E-state index is 0.0290. The van der Waals surface area contributed by atoms with Crippen LogP contribution in [0.1, 0.15) is 30.1 Å². The third kappa shape index (κ3) is 3.29. The number of amides is 1. The molecule has 124 valence electrons. The molecule has 2 aromatic carbocycles. The Morgan fingerprint density at radius 3 is 2.64 bits per heavy atom. The molecule has 25 heavy (non-hydrogen) atoms. The fourth-order valence-corrected chi connectivity index (χ4v) is 3.36. The number of hydrogen-bond donors (Lipinski definition) is 0. The van der Waals surface area contributed by atoms with Crippen molar-refractivity contribution >= 4 is 23.0 Å². The van der Waals surface area contributed by atoms with Crippen molar-refractivity contribution in [2.24, 2.45) is 0 Å². The van der Waals surface area contributed by atoms with E-state index in [1.807, 2.05) is 47.4 Å². The number of para-hydroxylation sites is 2. The van der Waals surface area contributed by atoms with Gasteiger partial charge in [0.1, 0.15) is 0 Å². The van der Waals surface area contributed by atoms with E-state index in [9.17, 15) is 4.79 Å². The van der Waals surface area contributed by atoms with E-state index >= 15 is 0 Å². The van der Waals surface area contributed by atoms with Crippen LogP contribution in [0.15, 0.2) is 66.9 Å². The van der Waals surface area contributed by atoms with E-state index in [-0.39, 0.29) is 11.9 Å². The lowest BCUT2D eigenvalue weighted by Crippen LogP contribution is -2.28. The highest BCUT2D eigenvalue weighted by molar-refractivity contribution is 5.92. The number of hydrogen-bond acceptors (Lipinski definition) is 3. The zero-order valence-corrected chi connectivity index (χ0v) is 13.9. The molecule has 2 heterocycles. The van der Waals surface area contributed by atoms with Gasteiger partial charge < -0.3 is 4.90 Å². The largest absolute Gasteiger partial charge is 0.332 e. The van der Waals surface area contributed by atoms with E-state index in [1.165, 1.54) is 5.56 Å². The van der Waals surface area contributed by atoms with Crippen LogP contribution in [0.5, 0.6) is 0 Å². The second kappa shape index (κ2) is 6.85. The highest BCUT2D eigenvalue weighted by atomic mass is 16.2. The summed E-state index contributed by atoms with van der Waals surface area (Å²) in [5, 5.41) is 0. The van der Waals surface area contributed by atoms with E-state index in [0.29, 0.717) is 5.69 Å². The summed E-state index contributed by atoms with van der Waals surface area (Å²) < 4.78 is 0. The molecule has 1 aliphatic heterocycles. The Morgan fingerprint density at radius 1 is 1.04 bits per heavy atom. The van der Waals surface area contributed by atoms with Crippen molar-refractivity contribution in [2.75, 3.05) is 6.54 Å². The Hall–Kier alpha value is -3.01. The topological polar surface area (TPSA) is 46.1 Å². The van der Waals surface area contributed by atoms with Crippen molar-refractivity contribution in [3.63, 3.8) is 0 Å². The first-order valence-electron chi connectivity index (χ1n) is 8.57. The Balaban J connectivity index is 1.53. The van der Waals surface area contributed by atoms with Crippen LogP contribution >= 0.6 is 0 Å². The lowest BCUT2D eigenvalue weighted by Gasteiger charge is -2.23. The van der Waals surface area contributed by atoms with Crippen LogP contribution in [0.2, 0.25) is 0 Å². The van der Waals surface area contributed by atoms with Crippen LogP contribution in [0.25, 0.3) is 17.1 Å². The summed E-state index contributed by atoms with van der Waals surface area (Å²) in [7, 11) is 0. The zero-order chi connectivity index (χ0) is 17.1. The van der Waals surface area contributed by atoms with Crippen molar-refractivity contribution in [1.82, 2.24) is 14.9 Å². The molecule has 1 fully saturated rings. The van der Waals surface area contributed by atoms with Crippen molar-refractivity contribution in [3.8, 4) is 0 Å². The lowest BCUT2D eigenvalue weighted by atomic mass is 10.0. The monoisotopic (exact) mass is 329 g/mol. The molecule has 0 N–H and O–H groups in total. The zero-order valence-electron chi connectivity index (χ0n) is 13.9. The average molecular weight is 329 g/mol. The van der Waals surface area contributed by atoms with Gasteiger partial charge in [-0.3, -0.25) is 9.78 Å². The summed E-state index contributed by atoms with van der Waals surface area (Å²) >= 11 is 0. The predicted octanol–water partition coefficient (Wildman–Crippen LogP) is 4.01. The fourth-order valence-electron chi connectivity index (χ4n) is 3.36. The summed E-state index contributed by atoms with van der Waals surface area (Å²) in [5.41, 5.74) is 3.59. The molecule has 1 unspecified atom stereocenters. The summed E-state index contributed by atoms with van der Waals surface area (Å²) in [6.45, 7) is 0.798. The molecular weight excluding hydrogens is 310 g/mol. The van der Waals surface area contributed by atoms with Crippen LogP contribution in [-0.4, -0.2) is 27.3 Å². The molecule has 1 aromatic heterocycles. The van der Waals surface area contributed by atoms with Gasteiger partial charge in [-0.1, -0.05) is 42.5 Å². The number of likely N-dealkylation sites (tertiary alicyclic amines) is 1. The van der Waals surface area contributed by atoms with Gasteiger partial charge in [-0.25, -0.2) is 4.98 Å². The first-order valence-corrected chi connectivity index (χ1v) is 8.57. The minimum absolute atomic E-state index is 0.0290. The van der Waals surface area contributed by atoms with Crippen molar-refractivity contribution in [3.05, 3.63) is 78.1 Å². The summed E-state index contributed by atoms with van der Waals surface area (Å²) in [6.07, 6.45) is 7.11. The van der Waals surface area contributed by atoms with Gasteiger partial charge in [-0.2, -0.15) is 0 Å². The molecule has 4 rings (SSSR count). The lowest BCUT2D eigenvalue weighted by molar-refractivity contribution is -0.126. The van der Waals surface area contributed by atoms with Crippen LogP contribution in [0, 0.1) is 0 Å². The van der Waals surface area contributed by atoms with Crippen molar-refractivity contribution in [1.29, 1.82) is 0 Å². The second-order valence-electron chi connectivity index (χ2n) is 6.22. The van der Waals surface area contributed by atoms with Gasteiger partial charge in [0.2, 0.25) is 5.91 Å². The SMILES string of the molecule is O=C(/C=C/c1cnc2ccccc2n1)N1CCCC1c1ccccc1. The Labute approximate surface area is 146 Å². The van der Waals surface area contributed by atoms with E-state index in [4.69, 9.17) is 0 Å². The quantitative estimate of drug-likeness (QED) is 0.682. The number of benzene rings is 2. The third-order valence-electron chi connectivity index (χ3n) is 4.58. The summed E-state index contributed by atoms with van der Waals surface area (Å²) in [5.74, 6) is 0.0290. The van der Waals surface area contributed by atoms with Crippen LogP contribution in [0.4, 0.5) is 0 Å². The molecule has 0 radical (unpaired) electrons. The molecule has 4 nitrogen and oxygen atoms in total. The van der Waals surface area contributed by atoms with E-state index < -0.39 is 0 Å². The molecule has 1 atom stereocenters. The van der Waals surface area contributed by atoms with Crippen molar-refractivity contribution < 1.29 is 4.79 Å². The third-order valence-corrected chi connectivity index (χ3v) is 4.58. The number of rotatable bonds is 3. The van der Waals surface area contributed by atoms with E-state index in [2.05, 4.69) is 22.1 Å². The maximum atomic E-state index is 12.7. The highest BCUT2D eigenvalue weighted by Gasteiger charge is 2.28. The number of nitrogens with zero attached hydrogens (tertiary/aromatic N) is 3. The normalized spacial score (nSPS) is 17.4. The second-order valence-corrected chi connectivity index (χ2v) is 6.22. The fraction of sp³-hybridized carbons (Fsp3) is 0.190. The number of aromatic nitrogens is 2. The Morgan fingerprint density at radius 2 is 1.80 bits per heavy atom. The molecule has 4 heteroatoms. The molecule has 1 saturated heterocycles. The van der Waals surface area contributed by atoms with Gasteiger partial charge in [0.15, 0.2) is 0 Å². The first-order chi connectivity index (χ1) is 12.3. The molecule has 0 bridgehead atoms. The van der Waals surface area contributed by atoms with Gasteiger partial charge in [0.05, 0.1) is 29.0 Å². The van der Waals surface area contributed by atoms with Crippen LogP contribution < -0.4 is 0 Å². The van der Waals surface area contributed by atoms with Crippen molar-refractivity contribution in [2.45, 2.75) is 18.9 Å². The summed E-state index contributed by atoms with van der Waals surface area (Å²) in [6, 6.07) is 18.1. The maximum absolute atomic E-state index is 12.7. The number of fused-ring (bicyclic) bond motifs is 1. The van der Waals surface area contributed by atoms with Gasteiger partial charge >= 0.3 is 0 Å². The van der Waals surface area contributed by atoms with Gasteiger partial charge in [0, 0.05) is 12.6 Å². The van der Waals surface area contributed by atoms with Gasteiger partial charge in [-0.05, 0) is 36.6 Å². The van der Waals surface area contributed by atoms with Crippen LogP contribution in [0.3, 0.4) is 0 Å². The predicted molar refractivity (Wildman–Crippen MR) is 98.7 cm³/mol. The standard InChI is InChI=1S/C21H19N3O/c25-21(24-14-6-11-20(24)16-7-2-1-3-8-16)13-12-17-15-22-18-9-4-5-10-19(18)23-17/h1-5,7-10,12-13,15,20H,6,11,14H2/b13-12+. The smallest absolute Gasteiger partial charge is 0.247 e. The molecule has 3 aromatic rings. The Bertz CT molecular complexity index is 921. The molecule has 1 aliphatic rings. The molecule has 1 amide bonds. The molecule has 0 saturated carbocycles. The number of carbonyl (C=O) groups is 1. The van der Waals surface area contributed by atoms with Gasteiger partial charge in [-0.15, -0.1) is 0 Å². The maximum Gasteiger partial charge on any atom is 0.247 e. The minimum Gasteiger partial charge on any atom is -0.332 e. The average Bonchev–Trinajstić information content (AvgIpc) is 3.16. The highest BCUT2D eigenvalue weighted by Crippen LogP contribution is 2.31. The van der Waals surface area contributed by atoms with E-state index in [1.54, 1.807) is 18.3 Å². The molecular formula is C21H19N3O.